The summed E-state index contributed by atoms with van der Waals surface area (Å²) in [7, 11) is 0. The van der Waals surface area contributed by atoms with E-state index in [0.29, 0.717) is 6.42 Å². The van der Waals surface area contributed by atoms with Crippen molar-refractivity contribution in [3.8, 4) is 0 Å². The zero-order valence-electron chi connectivity index (χ0n) is 8.64. The van der Waals surface area contributed by atoms with Gasteiger partial charge in [0.1, 0.15) is 0 Å². The van der Waals surface area contributed by atoms with E-state index < -0.39 is 18.4 Å². The van der Waals surface area contributed by atoms with Gasteiger partial charge in [-0.05, 0) is 12.8 Å². The van der Waals surface area contributed by atoms with Gasteiger partial charge in [0.15, 0.2) is 6.10 Å². The van der Waals surface area contributed by atoms with E-state index in [1.807, 2.05) is 6.92 Å². The van der Waals surface area contributed by atoms with E-state index in [2.05, 4.69) is 4.74 Å². The Kier molecular flexibility index (Phi) is 5.44. The molecule has 0 bridgehead atoms. The van der Waals surface area contributed by atoms with E-state index in [-0.39, 0.29) is 12.5 Å². The van der Waals surface area contributed by atoms with Crippen molar-refractivity contribution in [3.63, 3.8) is 0 Å². The molecule has 0 radical (unpaired) electrons. The molecule has 0 aromatic rings. The van der Waals surface area contributed by atoms with Crippen LogP contribution in [0.25, 0.3) is 0 Å². The van der Waals surface area contributed by atoms with Crippen LogP contribution in [0.5, 0.6) is 0 Å². The standard InChI is InChI=1S/C9H17F3O2/c1-4-6(2)8(13)5-14-7(3)9(10,11)12/h6-8,13H,4-5H2,1-3H3. The van der Waals surface area contributed by atoms with Gasteiger partial charge in [-0.2, -0.15) is 13.2 Å². The summed E-state index contributed by atoms with van der Waals surface area (Å²) in [6.07, 6.45) is -6.29. The molecule has 0 saturated carbocycles. The maximum atomic E-state index is 12.0. The minimum absolute atomic E-state index is 0.0459. The summed E-state index contributed by atoms with van der Waals surface area (Å²) in [4.78, 5) is 0. The smallest absolute Gasteiger partial charge is 0.390 e. The highest BCUT2D eigenvalue weighted by atomic mass is 19.4. The van der Waals surface area contributed by atoms with E-state index >= 15 is 0 Å². The van der Waals surface area contributed by atoms with Gasteiger partial charge in [0.25, 0.3) is 0 Å². The van der Waals surface area contributed by atoms with Crippen LogP contribution in [-0.2, 0) is 4.74 Å². The Labute approximate surface area is 82.1 Å². The monoisotopic (exact) mass is 214 g/mol. The second-order valence-electron chi connectivity index (χ2n) is 3.47. The first-order valence-electron chi connectivity index (χ1n) is 4.65. The van der Waals surface area contributed by atoms with Crippen LogP contribution >= 0.6 is 0 Å². The third-order valence-corrected chi connectivity index (χ3v) is 2.28. The van der Waals surface area contributed by atoms with Crippen molar-refractivity contribution in [1.82, 2.24) is 0 Å². The molecule has 0 aliphatic heterocycles. The highest BCUT2D eigenvalue weighted by Crippen LogP contribution is 2.22. The number of halogens is 3. The molecule has 0 fully saturated rings. The Bertz CT molecular complexity index is 159. The van der Waals surface area contributed by atoms with E-state index in [9.17, 15) is 18.3 Å². The summed E-state index contributed by atoms with van der Waals surface area (Å²) in [5, 5.41) is 9.34. The summed E-state index contributed by atoms with van der Waals surface area (Å²) in [5.74, 6) is -0.0459. The maximum absolute atomic E-state index is 12.0. The average Bonchev–Trinajstić information content (AvgIpc) is 2.10. The lowest BCUT2D eigenvalue weighted by atomic mass is 10.0. The zero-order chi connectivity index (χ0) is 11.4. The Hall–Kier alpha value is -0.290. The fourth-order valence-electron chi connectivity index (χ4n) is 0.774. The highest BCUT2D eigenvalue weighted by molar-refractivity contribution is 4.65. The van der Waals surface area contributed by atoms with E-state index in [1.54, 1.807) is 6.92 Å². The number of hydrogen-bond donors (Lipinski definition) is 1. The molecule has 2 nitrogen and oxygen atoms in total. The average molecular weight is 214 g/mol. The van der Waals surface area contributed by atoms with Gasteiger partial charge >= 0.3 is 6.18 Å². The van der Waals surface area contributed by atoms with Crippen molar-refractivity contribution in [2.45, 2.75) is 45.6 Å². The van der Waals surface area contributed by atoms with E-state index in [4.69, 9.17) is 0 Å². The van der Waals surface area contributed by atoms with Crippen LogP contribution in [0.4, 0.5) is 13.2 Å². The lowest BCUT2D eigenvalue weighted by Gasteiger charge is -2.21. The van der Waals surface area contributed by atoms with Crippen molar-refractivity contribution >= 4 is 0 Å². The molecular formula is C9H17F3O2. The van der Waals surface area contributed by atoms with Crippen LogP contribution < -0.4 is 0 Å². The predicted octanol–water partition coefficient (Wildman–Crippen LogP) is 2.36. The summed E-state index contributed by atoms with van der Waals surface area (Å²) in [6.45, 7) is 4.30. The Morgan fingerprint density at radius 3 is 2.14 bits per heavy atom. The summed E-state index contributed by atoms with van der Waals surface area (Å²) in [6, 6.07) is 0. The normalized spacial score (nSPS) is 19.1. The van der Waals surface area contributed by atoms with Gasteiger partial charge in [-0.15, -0.1) is 0 Å². The first-order valence-corrected chi connectivity index (χ1v) is 4.65. The molecule has 0 spiro atoms. The summed E-state index contributed by atoms with van der Waals surface area (Å²) < 4.78 is 40.4. The number of aliphatic hydroxyl groups is 1. The van der Waals surface area contributed by atoms with Gasteiger partial charge in [0.2, 0.25) is 0 Å². The summed E-state index contributed by atoms with van der Waals surface area (Å²) >= 11 is 0. The molecule has 1 N–H and O–H groups in total. The molecule has 14 heavy (non-hydrogen) atoms. The maximum Gasteiger partial charge on any atom is 0.414 e. The van der Waals surface area contributed by atoms with Gasteiger partial charge in [0, 0.05) is 0 Å². The molecular weight excluding hydrogens is 197 g/mol. The Morgan fingerprint density at radius 1 is 1.29 bits per heavy atom. The molecule has 0 aromatic carbocycles. The fourth-order valence-corrected chi connectivity index (χ4v) is 0.774. The van der Waals surface area contributed by atoms with Crippen LogP contribution in [0.1, 0.15) is 27.2 Å². The Morgan fingerprint density at radius 2 is 1.79 bits per heavy atom. The molecule has 0 amide bonds. The van der Waals surface area contributed by atoms with Crippen LogP contribution in [0, 0.1) is 5.92 Å². The van der Waals surface area contributed by atoms with E-state index in [1.165, 1.54) is 0 Å². The number of alkyl halides is 3. The van der Waals surface area contributed by atoms with Crippen molar-refractivity contribution in [2.24, 2.45) is 5.92 Å². The lowest BCUT2D eigenvalue weighted by Crippen LogP contribution is -2.33. The van der Waals surface area contributed by atoms with Gasteiger partial charge in [0.05, 0.1) is 12.7 Å². The van der Waals surface area contributed by atoms with Crippen LogP contribution in [-0.4, -0.2) is 30.1 Å². The topological polar surface area (TPSA) is 29.5 Å². The van der Waals surface area contributed by atoms with Crippen molar-refractivity contribution in [3.05, 3.63) is 0 Å². The molecule has 3 atom stereocenters. The van der Waals surface area contributed by atoms with Gasteiger partial charge in [-0.25, -0.2) is 0 Å². The zero-order valence-corrected chi connectivity index (χ0v) is 8.64. The largest absolute Gasteiger partial charge is 0.414 e. The van der Waals surface area contributed by atoms with Gasteiger partial charge in [-0.1, -0.05) is 20.3 Å². The van der Waals surface area contributed by atoms with Crippen LogP contribution in [0.15, 0.2) is 0 Å². The quantitative estimate of drug-likeness (QED) is 0.761. The van der Waals surface area contributed by atoms with Crippen LogP contribution in [0.3, 0.4) is 0 Å². The number of rotatable bonds is 5. The molecule has 0 heterocycles. The minimum atomic E-state index is -4.35. The predicted molar refractivity (Wildman–Crippen MR) is 46.9 cm³/mol. The number of aliphatic hydroxyl groups excluding tert-OH is 1. The number of ether oxygens (including phenoxy) is 1. The molecule has 86 valence electrons. The molecule has 5 heteroatoms. The third-order valence-electron chi connectivity index (χ3n) is 2.28. The number of hydrogen-bond acceptors (Lipinski definition) is 2. The van der Waals surface area contributed by atoms with Crippen molar-refractivity contribution < 1.29 is 23.0 Å². The van der Waals surface area contributed by atoms with Crippen LogP contribution in [0.2, 0.25) is 0 Å². The third kappa shape index (κ3) is 4.81. The van der Waals surface area contributed by atoms with E-state index in [0.717, 1.165) is 6.92 Å². The minimum Gasteiger partial charge on any atom is -0.390 e. The van der Waals surface area contributed by atoms with Gasteiger partial charge < -0.3 is 9.84 Å². The van der Waals surface area contributed by atoms with Gasteiger partial charge in [-0.3, -0.25) is 0 Å². The molecule has 0 rings (SSSR count). The first-order chi connectivity index (χ1) is 6.29. The van der Waals surface area contributed by atoms with Crippen molar-refractivity contribution in [2.75, 3.05) is 6.61 Å². The Balaban J connectivity index is 3.83. The fraction of sp³-hybridized carbons (Fsp3) is 1.00. The first kappa shape index (κ1) is 13.7. The molecule has 3 unspecified atom stereocenters. The molecule has 0 saturated heterocycles. The summed E-state index contributed by atoms with van der Waals surface area (Å²) in [5.41, 5.74) is 0. The second kappa shape index (κ2) is 5.56. The molecule has 0 aromatic heterocycles. The second-order valence-corrected chi connectivity index (χ2v) is 3.47. The lowest BCUT2D eigenvalue weighted by molar-refractivity contribution is -0.220. The molecule has 0 aliphatic carbocycles. The SMILES string of the molecule is CCC(C)C(O)COC(C)C(F)(F)F. The highest BCUT2D eigenvalue weighted by Gasteiger charge is 2.37. The molecule has 0 aliphatic rings. The van der Waals surface area contributed by atoms with Crippen molar-refractivity contribution in [1.29, 1.82) is 0 Å².